The Bertz CT molecular complexity index is 832. The summed E-state index contributed by atoms with van der Waals surface area (Å²) in [5.74, 6) is 0.544. The molecule has 3 aromatic carbocycles. The van der Waals surface area contributed by atoms with Gasteiger partial charge in [0.25, 0.3) is 0 Å². The van der Waals surface area contributed by atoms with E-state index in [1.54, 1.807) is 0 Å². The van der Waals surface area contributed by atoms with Crippen molar-refractivity contribution in [3.05, 3.63) is 82.9 Å². The third kappa shape index (κ3) is 3.55. The van der Waals surface area contributed by atoms with Crippen molar-refractivity contribution in [1.82, 2.24) is 0 Å². The zero-order valence-electron chi connectivity index (χ0n) is 14.2. The van der Waals surface area contributed by atoms with E-state index in [-0.39, 0.29) is 0 Å². The highest BCUT2D eigenvalue weighted by Gasteiger charge is 2.06. The molecule has 3 aromatic rings. The maximum Gasteiger partial charge on any atom is 0.150 e. The van der Waals surface area contributed by atoms with Gasteiger partial charge in [-0.1, -0.05) is 74.5 Å². The zero-order valence-corrected chi connectivity index (χ0v) is 14.2. The van der Waals surface area contributed by atoms with Crippen LogP contribution < -0.4 is 0 Å². The van der Waals surface area contributed by atoms with Crippen LogP contribution in [-0.2, 0) is 18.0 Å². The third-order valence-corrected chi connectivity index (χ3v) is 4.35. The van der Waals surface area contributed by atoms with Gasteiger partial charge in [0.2, 0.25) is 0 Å². The number of carbonyl (C=O) groups excluding carboxylic acids is 1. The molecule has 0 aliphatic rings. The minimum Gasteiger partial charge on any atom is -0.372 e. The van der Waals surface area contributed by atoms with Crippen LogP contribution in [0.4, 0.5) is 0 Å². The van der Waals surface area contributed by atoms with E-state index in [4.69, 9.17) is 4.74 Å². The molecule has 0 spiro atoms. The fraction of sp³-hybridized carbons (Fsp3) is 0.227. The van der Waals surface area contributed by atoms with E-state index in [1.807, 2.05) is 36.4 Å². The molecular formula is C22H22O2. The molecule has 0 radical (unpaired) electrons. The number of fused-ring (bicyclic) bond motifs is 1. The van der Waals surface area contributed by atoms with Crippen LogP contribution in [0.1, 0.15) is 46.8 Å². The predicted molar refractivity (Wildman–Crippen MR) is 98.4 cm³/mol. The van der Waals surface area contributed by atoms with Crippen LogP contribution in [0.25, 0.3) is 10.8 Å². The number of benzene rings is 3. The molecule has 0 bridgehead atoms. The summed E-state index contributed by atoms with van der Waals surface area (Å²) in [5, 5.41) is 2.06. The minimum absolute atomic E-state index is 0.533. The summed E-state index contributed by atoms with van der Waals surface area (Å²) < 4.78 is 5.90. The Hall–Kier alpha value is -2.45. The summed E-state index contributed by atoms with van der Waals surface area (Å²) in [5.41, 5.74) is 4.34. The molecule has 0 unspecified atom stereocenters. The van der Waals surface area contributed by atoms with Gasteiger partial charge in [-0.15, -0.1) is 0 Å². The number of carbonyl (C=O) groups is 1. The van der Waals surface area contributed by atoms with Gasteiger partial charge < -0.3 is 4.74 Å². The van der Waals surface area contributed by atoms with Crippen LogP contribution in [0.2, 0.25) is 0 Å². The second-order valence-electron chi connectivity index (χ2n) is 6.37. The first-order valence-electron chi connectivity index (χ1n) is 8.31. The highest BCUT2D eigenvalue weighted by atomic mass is 16.5. The maximum atomic E-state index is 11.2. The summed E-state index contributed by atoms with van der Waals surface area (Å²) in [6.07, 6.45) is 0.906. The van der Waals surface area contributed by atoms with Gasteiger partial charge >= 0.3 is 0 Å². The summed E-state index contributed by atoms with van der Waals surface area (Å²) in [7, 11) is 0. The van der Waals surface area contributed by atoms with Gasteiger partial charge in [0.1, 0.15) is 0 Å². The SMILES string of the molecule is CC(C)c1ccc(COCc2ccc(C=O)c3ccccc23)cc1. The molecular weight excluding hydrogens is 296 g/mol. The Morgan fingerprint density at radius 3 is 2.25 bits per heavy atom. The zero-order chi connectivity index (χ0) is 16.9. The molecule has 0 amide bonds. The fourth-order valence-electron chi connectivity index (χ4n) is 2.89. The average molecular weight is 318 g/mol. The molecule has 2 heteroatoms. The molecule has 122 valence electrons. The van der Waals surface area contributed by atoms with Crippen LogP contribution in [0.5, 0.6) is 0 Å². The number of aldehydes is 1. The molecule has 0 aliphatic heterocycles. The average Bonchev–Trinajstić information content (AvgIpc) is 2.62. The number of ether oxygens (including phenoxy) is 1. The topological polar surface area (TPSA) is 26.3 Å². The van der Waals surface area contributed by atoms with Crippen molar-refractivity contribution in [1.29, 1.82) is 0 Å². The van der Waals surface area contributed by atoms with E-state index >= 15 is 0 Å². The van der Waals surface area contributed by atoms with E-state index in [0.717, 1.165) is 28.2 Å². The second kappa shape index (κ2) is 7.41. The van der Waals surface area contributed by atoms with Crippen molar-refractivity contribution in [3.63, 3.8) is 0 Å². The predicted octanol–water partition coefficient (Wildman–Crippen LogP) is 5.49. The molecule has 0 saturated carbocycles. The molecule has 0 fully saturated rings. The Labute approximate surface area is 143 Å². The Kier molecular flexibility index (Phi) is 5.07. The van der Waals surface area contributed by atoms with Gasteiger partial charge in [0.05, 0.1) is 13.2 Å². The van der Waals surface area contributed by atoms with Gasteiger partial charge in [0, 0.05) is 5.56 Å². The Morgan fingerprint density at radius 1 is 0.875 bits per heavy atom. The van der Waals surface area contributed by atoms with E-state index in [2.05, 4.69) is 38.1 Å². The molecule has 0 aliphatic carbocycles. The van der Waals surface area contributed by atoms with Crippen LogP contribution in [-0.4, -0.2) is 6.29 Å². The molecule has 0 atom stereocenters. The number of hydrogen-bond acceptors (Lipinski definition) is 2. The lowest BCUT2D eigenvalue weighted by Crippen LogP contribution is -1.97. The van der Waals surface area contributed by atoms with Crippen LogP contribution >= 0.6 is 0 Å². The summed E-state index contributed by atoms with van der Waals surface area (Å²) in [4.78, 5) is 11.2. The Balaban J connectivity index is 1.71. The largest absolute Gasteiger partial charge is 0.372 e. The maximum absolute atomic E-state index is 11.2. The smallest absolute Gasteiger partial charge is 0.150 e. The van der Waals surface area contributed by atoms with E-state index in [0.29, 0.717) is 19.1 Å². The summed E-state index contributed by atoms with van der Waals surface area (Å²) in [6.45, 7) is 5.51. The lowest BCUT2D eigenvalue weighted by atomic mass is 10.0. The van der Waals surface area contributed by atoms with Crippen molar-refractivity contribution in [2.24, 2.45) is 0 Å². The standard InChI is InChI=1S/C22H22O2/c1-16(2)18-9-7-17(8-10-18)14-24-15-20-12-11-19(13-23)21-5-3-4-6-22(20)21/h3-13,16H,14-15H2,1-2H3. The van der Waals surface area contributed by atoms with Gasteiger partial charge in [0.15, 0.2) is 6.29 Å². The molecule has 2 nitrogen and oxygen atoms in total. The van der Waals surface area contributed by atoms with Crippen molar-refractivity contribution >= 4 is 17.1 Å². The Morgan fingerprint density at radius 2 is 1.58 bits per heavy atom. The molecule has 0 aromatic heterocycles. The van der Waals surface area contributed by atoms with Crippen molar-refractivity contribution in [2.45, 2.75) is 33.0 Å². The first-order chi connectivity index (χ1) is 11.7. The first kappa shape index (κ1) is 16.4. The monoisotopic (exact) mass is 318 g/mol. The van der Waals surface area contributed by atoms with Crippen LogP contribution in [0.15, 0.2) is 60.7 Å². The van der Waals surface area contributed by atoms with Gasteiger partial charge in [-0.2, -0.15) is 0 Å². The van der Waals surface area contributed by atoms with E-state index < -0.39 is 0 Å². The lowest BCUT2D eigenvalue weighted by molar-refractivity contribution is 0.108. The highest BCUT2D eigenvalue weighted by Crippen LogP contribution is 2.23. The third-order valence-electron chi connectivity index (χ3n) is 4.35. The van der Waals surface area contributed by atoms with Gasteiger partial charge in [-0.05, 0) is 33.4 Å². The van der Waals surface area contributed by atoms with Crippen molar-refractivity contribution in [3.8, 4) is 0 Å². The van der Waals surface area contributed by atoms with Crippen molar-refractivity contribution in [2.75, 3.05) is 0 Å². The summed E-state index contributed by atoms with van der Waals surface area (Å²) in [6, 6.07) is 20.4. The van der Waals surface area contributed by atoms with E-state index in [9.17, 15) is 4.79 Å². The molecule has 24 heavy (non-hydrogen) atoms. The van der Waals surface area contributed by atoms with Crippen LogP contribution in [0, 0.1) is 0 Å². The first-order valence-corrected chi connectivity index (χ1v) is 8.31. The van der Waals surface area contributed by atoms with Gasteiger partial charge in [-0.3, -0.25) is 4.79 Å². The second-order valence-corrected chi connectivity index (χ2v) is 6.37. The normalized spacial score (nSPS) is 11.1. The van der Waals surface area contributed by atoms with E-state index in [1.165, 1.54) is 11.1 Å². The van der Waals surface area contributed by atoms with Crippen LogP contribution in [0.3, 0.4) is 0 Å². The molecule has 0 N–H and O–H groups in total. The van der Waals surface area contributed by atoms with Gasteiger partial charge in [-0.25, -0.2) is 0 Å². The summed E-state index contributed by atoms with van der Waals surface area (Å²) >= 11 is 0. The molecule has 0 heterocycles. The van der Waals surface area contributed by atoms with Crippen molar-refractivity contribution < 1.29 is 9.53 Å². The molecule has 0 saturated heterocycles. The lowest BCUT2D eigenvalue weighted by Gasteiger charge is -2.10. The minimum atomic E-state index is 0.533. The highest BCUT2D eigenvalue weighted by molar-refractivity contribution is 5.99. The molecule has 3 rings (SSSR count). The number of hydrogen-bond donors (Lipinski definition) is 0. The quantitative estimate of drug-likeness (QED) is 0.562. The fourth-order valence-corrected chi connectivity index (χ4v) is 2.89. The number of rotatable bonds is 6.